The van der Waals surface area contributed by atoms with Gasteiger partial charge in [0.05, 0.1) is 0 Å². The highest BCUT2D eigenvalue weighted by molar-refractivity contribution is 5.10. The summed E-state index contributed by atoms with van der Waals surface area (Å²) in [5.41, 5.74) is 1.34. The van der Waals surface area contributed by atoms with Crippen LogP contribution in [0.4, 0.5) is 0 Å². The molecule has 1 unspecified atom stereocenters. The normalized spacial score (nSPS) is 12.7. The van der Waals surface area contributed by atoms with Crippen LogP contribution in [0.3, 0.4) is 0 Å². The first kappa shape index (κ1) is 11.1. The molecule has 0 amide bonds. The lowest BCUT2D eigenvalue weighted by atomic mass is 10.3. The van der Waals surface area contributed by atoms with Crippen LogP contribution in [-0.2, 0) is 13.1 Å². The Bertz CT molecular complexity index is 276. The number of nitrogens with one attached hydrogen (secondary N) is 1. The molecule has 0 saturated carbocycles. The molecule has 1 rings (SSSR count). The predicted octanol–water partition coefficient (Wildman–Crippen LogP) is 2.56. The second-order valence-electron chi connectivity index (χ2n) is 3.66. The molecule has 1 aromatic rings. The molecule has 0 radical (unpaired) electrons. The van der Waals surface area contributed by atoms with Crippen molar-refractivity contribution in [1.82, 2.24) is 9.88 Å². The predicted molar refractivity (Wildman–Crippen MR) is 61.2 cm³/mol. The summed E-state index contributed by atoms with van der Waals surface area (Å²) in [7, 11) is 0. The molecule has 0 aliphatic heterocycles. The van der Waals surface area contributed by atoms with Crippen LogP contribution >= 0.6 is 0 Å². The minimum Gasteiger partial charge on any atom is -0.354 e. The van der Waals surface area contributed by atoms with Crippen molar-refractivity contribution in [3.05, 3.63) is 36.7 Å². The molecule has 1 N–H and O–H groups in total. The fourth-order valence-corrected chi connectivity index (χ4v) is 1.35. The van der Waals surface area contributed by atoms with Gasteiger partial charge in [0.15, 0.2) is 0 Å². The number of aryl methyl sites for hydroxylation is 1. The standard InChI is InChI=1S/C12H20N2/c1-4-7-14-8-6-12(10-14)9-13-11(3)5-2/h5-6,8,10-11,13H,2,4,7,9H2,1,3H3. The zero-order valence-electron chi connectivity index (χ0n) is 9.16. The summed E-state index contributed by atoms with van der Waals surface area (Å²) in [6.07, 6.45) is 7.44. The van der Waals surface area contributed by atoms with E-state index in [4.69, 9.17) is 0 Å². The molecule has 1 atom stereocenters. The van der Waals surface area contributed by atoms with Crippen LogP contribution in [0.15, 0.2) is 31.1 Å². The van der Waals surface area contributed by atoms with E-state index in [1.807, 2.05) is 6.08 Å². The molecule has 0 saturated heterocycles. The molecular weight excluding hydrogens is 172 g/mol. The van der Waals surface area contributed by atoms with Crippen molar-refractivity contribution in [2.24, 2.45) is 0 Å². The third kappa shape index (κ3) is 3.38. The SMILES string of the molecule is C=CC(C)NCc1ccn(CCC)c1. The summed E-state index contributed by atoms with van der Waals surface area (Å²) in [4.78, 5) is 0. The largest absolute Gasteiger partial charge is 0.354 e. The van der Waals surface area contributed by atoms with E-state index in [2.05, 4.69) is 48.8 Å². The van der Waals surface area contributed by atoms with Crippen LogP contribution in [0.2, 0.25) is 0 Å². The molecule has 1 aromatic heterocycles. The van der Waals surface area contributed by atoms with Gasteiger partial charge in [-0.05, 0) is 25.0 Å². The summed E-state index contributed by atoms with van der Waals surface area (Å²) in [6, 6.07) is 2.54. The first-order valence-corrected chi connectivity index (χ1v) is 5.27. The van der Waals surface area contributed by atoms with Crippen molar-refractivity contribution in [2.45, 2.75) is 39.4 Å². The van der Waals surface area contributed by atoms with Crippen molar-refractivity contribution in [3.8, 4) is 0 Å². The van der Waals surface area contributed by atoms with Gasteiger partial charge in [-0.2, -0.15) is 0 Å². The van der Waals surface area contributed by atoms with Gasteiger partial charge in [-0.25, -0.2) is 0 Å². The number of hydrogen-bond donors (Lipinski definition) is 1. The second kappa shape index (κ2) is 5.66. The van der Waals surface area contributed by atoms with Crippen molar-refractivity contribution >= 4 is 0 Å². The number of rotatable bonds is 6. The van der Waals surface area contributed by atoms with Gasteiger partial charge in [-0.1, -0.05) is 13.0 Å². The van der Waals surface area contributed by atoms with Crippen LogP contribution < -0.4 is 5.32 Å². The van der Waals surface area contributed by atoms with Gasteiger partial charge in [0.25, 0.3) is 0 Å². The van der Waals surface area contributed by atoms with E-state index in [9.17, 15) is 0 Å². The van der Waals surface area contributed by atoms with Crippen LogP contribution in [0.1, 0.15) is 25.8 Å². The molecule has 2 nitrogen and oxygen atoms in total. The highest BCUT2D eigenvalue weighted by Gasteiger charge is 1.98. The highest BCUT2D eigenvalue weighted by Crippen LogP contribution is 2.02. The summed E-state index contributed by atoms with van der Waals surface area (Å²) in [5, 5.41) is 3.37. The van der Waals surface area contributed by atoms with Gasteiger partial charge in [-0.15, -0.1) is 6.58 Å². The summed E-state index contributed by atoms with van der Waals surface area (Å²) >= 11 is 0. The lowest BCUT2D eigenvalue weighted by Crippen LogP contribution is -2.22. The monoisotopic (exact) mass is 192 g/mol. The Balaban J connectivity index is 2.39. The molecule has 78 valence electrons. The Labute approximate surface area is 86.6 Å². The van der Waals surface area contributed by atoms with E-state index < -0.39 is 0 Å². The lowest BCUT2D eigenvalue weighted by Gasteiger charge is -2.07. The molecule has 0 fully saturated rings. The van der Waals surface area contributed by atoms with Gasteiger partial charge < -0.3 is 9.88 Å². The number of hydrogen-bond acceptors (Lipinski definition) is 1. The molecule has 0 aliphatic rings. The second-order valence-corrected chi connectivity index (χ2v) is 3.66. The Morgan fingerprint density at radius 1 is 1.64 bits per heavy atom. The van der Waals surface area contributed by atoms with E-state index in [1.165, 1.54) is 12.0 Å². The molecule has 2 heteroatoms. The van der Waals surface area contributed by atoms with Gasteiger partial charge in [0.2, 0.25) is 0 Å². The molecular formula is C12H20N2. The van der Waals surface area contributed by atoms with Crippen LogP contribution in [0.5, 0.6) is 0 Å². The van der Waals surface area contributed by atoms with Crippen LogP contribution in [0, 0.1) is 0 Å². The Hall–Kier alpha value is -1.02. The maximum absolute atomic E-state index is 3.74. The average molecular weight is 192 g/mol. The molecule has 14 heavy (non-hydrogen) atoms. The maximum atomic E-state index is 3.74. The topological polar surface area (TPSA) is 17.0 Å². The minimum atomic E-state index is 0.379. The molecule has 0 bridgehead atoms. The van der Waals surface area contributed by atoms with E-state index in [-0.39, 0.29) is 0 Å². The molecule has 0 spiro atoms. The third-order valence-corrected chi connectivity index (χ3v) is 2.28. The highest BCUT2D eigenvalue weighted by atomic mass is 14.9. The fraction of sp³-hybridized carbons (Fsp3) is 0.500. The Morgan fingerprint density at radius 3 is 3.07 bits per heavy atom. The summed E-state index contributed by atoms with van der Waals surface area (Å²) in [6.45, 7) is 10.1. The quantitative estimate of drug-likeness (QED) is 0.685. The number of aromatic nitrogens is 1. The van der Waals surface area contributed by atoms with E-state index in [1.54, 1.807) is 0 Å². The Kier molecular flexibility index (Phi) is 4.47. The molecule has 0 aromatic carbocycles. The summed E-state index contributed by atoms with van der Waals surface area (Å²) < 4.78 is 2.23. The first-order valence-electron chi connectivity index (χ1n) is 5.27. The lowest BCUT2D eigenvalue weighted by molar-refractivity contribution is 0.629. The smallest absolute Gasteiger partial charge is 0.0225 e. The summed E-state index contributed by atoms with van der Waals surface area (Å²) in [5.74, 6) is 0. The zero-order valence-corrected chi connectivity index (χ0v) is 9.16. The average Bonchev–Trinajstić information content (AvgIpc) is 2.63. The van der Waals surface area contributed by atoms with E-state index in [0.29, 0.717) is 6.04 Å². The Morgan fingerprint density at radius 2 is 2.43 bits per heavy atom. The van der Waals surface area contributed by atoms with Crippen molar-refractivity contribution in [1.29, 1.82) is 0 Å². The van der Waals surface area contributed by atoms with E-state index in [0.717, 1.165) is 13.1 Å². The van der Waals surface area contributed by atoms with E-state index >= 15 is 0 Å². The van der Waals surface area contributed by atoms with Gasteiger partial charge >= 0.3 is 0 Å². The van der Waals surface area contributed by atoms with Crippen molar-refractivity contribution < 1.29 is 0 Å². The minimum absolute atomic E-state index is 0.379. The van der Waals surface area contributed by atoms with Gasteiger partial charge in [0, 0.05) is 31.5 Å². The maximum Gasteiger partial charge on any atom is 0.0225 e. The van der Waals surface area contributed by atoms with Crippen LogP contribution in [0.25, 0.3) is 0 Å². The fourth-order valence-electron chi connectivity index (χ4n) is 1.35. The molecule has 0 aliphatic carbocycles. The van der Waals surface area contributed by atoms with Crippen molar-refractivity contribution in [3.63, 3.8) is 0 Å². The third-order valence-electron chi connectivity index (χ3n) is 2.28. The first-order chi connectivity index (χ1) is 6.76. The van der Waals surface area contributed by atoms with Crippen molar-refractivity contribution in [2.75, 3.05) is 0 Å². The van der Waals surface area contributed by atoms with Gasteiger partial charge in [-0.3, -0.25) is 0 Å². The number of nitrogens with zero attached hydrogens (tertiary/aromatic N) is 1. The van der Waals surface area contributed by atoms with Gasteiger partial charge in [0.1, 0.15) is 0 Å². The zero-order chi connectivity index (χ0) is 10.4. The molecule has 1 heterocycles. The van der Waals surface area contributed by atoms with Crippen LogP contribution in [-0.4, -0.2) is 10.6 Å².